The summed E-state index contributed by atoms with van der Waals surface area (Å²) in [5, 5.41) is 4.84. The van der Waals surface area contributed by atoms with Gasteiger partial charge in [-0.1, -0.05) is 85.2 Å². The normalized spacial score (nSPS) is 15.5. The SMILES string of the molecule is CCN(CC)CCOCC1=C(C(=O)OCCCc2ccccc2)C(c2ccc(Cl)c(Cl)c2)N=C(SC)N1. The molecule has 0 radical (unpaired) electrons. The Morgan fingerprint density at radius 3 is 2.51 bits per heavy atom. The highest BCUT2D eigenvalue weighted by atomic mass is 35.5. The van der Waals surface area contributed by atoms with Gasteiger partial charge in [0.25, 0.3) is 0 Å². The number of benzene rings is 2. The van der Waals surface area contributed by atoms with E-state index >= 15 is 0 Å². The Morgan fingerprint density at radius 2 is 1.84 bits per heavy atom. The summed E-state index contributed by atoms with van der Waals surface area (Å²) < 4.78 is 11.8. The third-order valence-electron chi connectivity index (χ3n) is 6.15. The Balaban J connectivity index is 1.80. The number of halogens is 2. The van der Waals surface area contributed by atoms with E-state index in [1.54, 1.807) is 12.1 Å². The first-order chi connectivity index (χ1) is 18.0. The van der Waals surface area contributed by atoms with Gasteiger partial charge in [0, 0.05) is 6.54 Å². The van der Waals surface area contributed by atoms with Crippen molar-refractivity contribution in [3.8, 4) is 0 Å². The zero-order valence-electron chi connectivity index (χ0n) is 21.6. The number of hydrogen-bond acceptors (Lipinski definition) is 7. The summed E-state index contributed by atoms with van der Waals surface area (Å²) in [5.74, 6) is -0.414. The largest absolute Gasteiger partial charge is 0.462 e. The van der Waals surface area contributed by atoms with Gasteiger partial charge in [0.15, 0.2) is 5.17 Å². The Bertz CT molecular complexity index is 1090. The molecule has 0 saturated carbocycles. The maximum atomic E-state index is 13.5. The van der Waals surface area contributed by atoms with Crippen LogP contribution in [0.25, 0.3) is 0 Å². The summed E-state index contributed by atoms with van der Waals surface area (Å²) in [7, 11) is 0. The molecular formula is C28H35Cl2N3O3S. The highest BCUT2D eigenvalue weighted by Crippen LogP contribution is 2.35. The molecule has 1 atom stereocenters. The first kappa shape index (κ1) is 29.5. The van der Waals surface area contributed by atoms with Crippen molar-refractivity contribution in [2.45, 2.75) is 32.7 Å². The maximum Gasteiger partial charge on any atom is 0.338 e. The number of likely N-dealkylation sites (N-methyl/N-ethyl adjacent to an activating group) is 1. The van der Waals surface area contributed by atoms with Crippen LogP contribution in [0.4, 0.5) is 0 Å². The lowest BCUT2D eigenvalue weighted by Gasteiger charge is -2.27. The van der Waals surface area contributed by atoms with Crippen LogP contribution in [0.3, 0.4) is 0 Å². The average Bonchev–Trinajstić information content (AvgIpc) is 2.92. The van der Waals surface area contributed by atoms with Gasteiger partial charge in [-0.25, -0.2) is 9.79 Å². The van der Waals surface area contributed by atoms with Gasteiger partial charge < -0.3 is 19.7 Å². The highest BCUT2D eigenvalue weighted by molar-refractivity contribution is 8.13. The van der Waals surface area contributed by atoms with Gasteiger partial charge in [-0.15, -0.1) is 0 Å². The van der Waals surface area contributed by atoms with Crippen LogP contribution in [-0.2, 0) is 20.7 Å². The molecule has 6 nitrogen and oxygen atoms in total. The Kier molecular flexibility index (Phi) is 12.3. The van der Waals surface area contributed by atoms with E-state index in [0.717, 1.165) is 38.0 Å². The fourth-order valence-electron chi connectivity index (χ4n) is 4.02. The minimum atomic E-state index is -0.582. The molecule has 0 amide bonds. The van der Waals surface area contributed by atoms with Crippen LogP contribution in [0, 0.1) is 0 Å². The third-order valence-corrected chi connectivity index (χ3v) is 7.49. The van der Waals surface area contributed by atoms with Gasteiger partial charge in [0.1, 0.15) is 6.04 Å². The number of rotatable bonds is 13. The van der Waals surface area contributed by atoms with Crippen molar-refractivity contribution in [2.24, 2.45) is 4.99 Å². The van der Waals surface area contributed by atoms with Gasteiger partial charge >= 0.3 is 5.97 Å². The second kappa shape index (κ2) is 15.4. The zero-order valence-corrected chi connectivity index (χ0v) is 24.0. The van der Waals surface area contributed by atoms with Gasteiger partial charge in [-0.05, 0) is 55.4 Å². The number of amidine groups is 1. The van der Waals surface area contributed by atoms with Crippen molar-refractivity contribution in [2.75, 3.05) is 45.7 Å². The van der Waals surface area contributed by atoms with Crippen LogP contribution in [0.5, 0.6) is 0 Å². The molecule has 200 valence electrons. The van der Waals surface area contributed by atoms with E-state index in [0.29, 0.717) is 39.7 Å². The number of thioether (sulfide) groups is 1. The van der Waals surface area contributed by atoms with E-state index in [2.05, 4.69) is 36.2 Å². The molecule has 1 aliphatic heterocycles. The summed E-state index contributed by atoms with van der Waals surface area (Å²) >= 11 is 14.0. The smallest absolute Gasteiger partial charge is 0.338 e. The van der Waals surface area contributed by atoms with Crippen LogP contribution in [-0.4, -0.2) is 61.7 Å². The molecule has 0 fully saturated rings. The number of esters is 1. The van der Waals surface area contributed by atoms with E-state index in [1.807, 2.05) is 30.5 Å². The molecule has 0 aliphatic carbocycles. The van der Waals surface area contributed by atoms with E-state index in [9.17, 15) is 4.79 Å². The number of nitrogens with zero attached hydrogens (tertiary/aromatic N) is 2. The number of aliphatic imine (C=N–C) groups is 1. The monoisotopic (exact) mass is 563 g/mol. The minimum absolute atomic E-state index is 0.243. The molecule has 9 heteroatoms. The fraction of sp³-hybridized carbons (Fsp3) is 0.429. The predicted molar refractivity (Wildman–Crippen MR) is 155 cm³/mol. The summed E-state index contributed by atoms with van der Waals surface area (Å²) in [6.07, 6.45) is 3.49. The number of carbonyl (C=O) groups is 1. The van der Waals surface area contributed by atoms with Gasteiger partial charge in [0.2, 0.25) is 0 Å². The van der Waals surface area contributed by atoms with Crippen LogP contribution in [0.1, 0.15) is 37.4 Å². The highest BCUT2D eigenvalue weighted by Gasteiger charge is 2.32. The molecule has 1 heterocycles. The molecule has 2 aromatic carbocycles. The predicted octanol–water partition coefficient (Wildman–Crippen LogP) is 6.15. The van der Waals surface area contributed by atoms with E-state index < -0.39 is 12.0 Å². The summed E-state index contributed by atoms with van der Waals surface area (Å²) in [6, 6.07) is 14.9. The van der Waals surface area contributed by atoms with E-state index in [-0.39, 0.29) is 6.61 Å². The summed E-state index contributed by atoms with van der Waals surface area (Å²) in [4.78, 5) is 20.6. The Labute approximate surface area is 234 Å². The molecule has 37 heavy (non-hydrogen) atoms. The first-order valence-electron chi connectivity index (χ1n) is 12.5. The second-order valence-corrected chi connectivity index (χ2v) is 10.1. The second-order valence-electron chi connectivity index (χ2n) is 8.54. The maximum absolute atomic E-state index is 13.5. The number of aryl methyl sites for hydroxylation is 1. The van der Waals surface area contributed by atoms with Crippen molar-refractivity contribution in [1.82, 2.24) is 10.2 Å². The molecule has 0 bridgehead atoms. The lowest BCUT2D eigenvalue weighted by Crippen LogP contribution is -2.34. The van der Waals surface area contributed by atoms with Gasteiger partial charge in [-0.2, -0.15) is 0 Å². The van der Waals surface area contributed by atoms with Crippen LogP contribution in [0.2, 0.25) is 10.0 Å². The first-order valence-corrected chi connectivity index (χ1v) is 14.5. The molecule has 0 spiro atoms. The van der Waals surface area contributed by atoms with Crippen LogP contribution in [0.15, 0.2) is 64.8 Å². The number of hydrogen-bond donors (Lipinski definition) is 1. The molecule has 0 saturated heterocycles. The quantitative estimate of drug-likeness (QED) is 0.233. The van der Waals surface area contributed by atoms with Crippen molar-refractivity contribution < 1.29 is 14.3 Å². The van der Waals surface area contributed by atoms with Crippen LogP contribution < -0.4 is 5.32 Å². The summed E-state index contributed by atoms with van der Waals surface area (Å²) in [6.45, 7) is 8.10. The molecule has 1 unspecified atom stereocenters. The molecule has 3 rings (SSSR count). The summed E-state index contributed by atoms with van der Waals surface area (Å²) in [5.41, 5.74) is 3.06. The molecule has 0 aromatic heterocycles. The standard InChI is InChI=1S/C28H35Cl2N3O3S/c1-4-33(5-2)15-17-35-19-24-25(27(34)36-16-9-12-20-10-7-6-8-11-20)26(32-28(31-24)37-3)21-13-14-22(29)23(30)18-21/h6-8,10-11,13-14,18,26H,4-5,9,12,15-17,19H2,1-3H3,(H,31,32). The molecule has 1 N–H and O–H groups in total. The molecular weight excluding hydrogens is 529 g/mol. The Hall–Kier alpha value is -2.03. The minimum Gasteiger partial charge on any atom is -0.462 e. The average molecular weight is 565 g/mol. The van der Waals surface area contributed by atoms with Crippen molar-refractivity contribution in [1.29, 1.82) is 0 Å². The lowest BCUT2D eigenvalue weighted by atomic mass is 9.96. The third kappa shape index (κ3) is 8.76. The van der Waals surface area contributed by atoms with E-state index in [1.165, 1.54) is 17.3 Å². The number of nitrogens with one attached hydrogen (secondary N) is 1. The van der Waals surface area contributed by atoms with Crippen LogP contribution >= 0.6 is 35.0 Å². The van der Waals surface area contributed by atoms with Gasteiger partial charge in [0.05, 0.1) is 41.1 Å². The molecule has 2 aromatic rings. The van der Waals surface area contributed by atoms with Crippen molar-refractivity contribution in [3.63, 3.8) is 0 Å². The van der Waals surface area contributed by atoms with Gasteiger partial charge in [-0.3, -0.25) is 0 Å². The van der Waals surface area contributed by atoms with Crippen molar-refractivity contribution in [3.05, 3.63) is 81.0 Å². The Morgan fingerprint density at radius 1 is 1.08 bits per heavy atom. The number of ether oxygens (including phenoxy) is 2. The topological polar surface area (TPSA) is 63.2 Å². The van der Waals surface area contributed by atoms with Crippen molar-refractivity contribution >= 4 is 46.1 Å². The number of carbonyl (C=O) groups excluding carboxylic acids is 1. The van der Waals surface area contributed by atoms with E-state index in [4.69, 9.17) is 37.7 Å². The lowest BCUT2D eigenvalue weighted by molar-refractivity contribution is -0.139. The molecule has 1 aliphatic rings. The zero-order chi connectivity index (χ0) is 26.6. The fourth-order valence-corrected chi connectivity index (χ4v) is 4.77.